The Morgan fingerprint density at radius 3 is 1.86 bits per heavy atom. The first-order valence-corrected chi connectivity index (χ1v) is 8.34. The summed E-state index contributed by atoms with van der Waals surface area (Å²) in [5.41, 5.74) is -0.902. The molecule has 1 N–H and O–H groups in total. The van der Waals surface area contributed by atoms with Crippen molar-refractivity contribution in [2.24, 2.45) is 28.6 Å². The van der Waals surface area contributed by atoms with Gasteiger partial charge in [0.1, 0.15) is 0 Å². The van der Waals surface area contributed by atoms with Gasteiger partial charge in [-0.05, 0) is 36.0 Å². The molecule has 0 fully saturated rings. The molecule has 21 heavy (non-hydrogen) atoms. The van der Waals surface area contributed by atoms with Gasteiger partial charge in [-0.1, -0.05) is 68.2 Å². The molecule has 0 aromatic rings. The first-order valence-electron chi connectivity index (χ1n) is 8.34. The average molecular weight is 300 g/mol. The van der Waals surface area contributed by atoms with Crippen molar-refractivity contribution in [1.82, 2.24) is 0 Å². The van der Waals surface area contributed by atoms with E-state index >= 15 is 0 Å². The Balaban J connectivity index is 5.39. The molecule has 0 bridgehead atoms. The molecule has 3 nitrogen and oxygen atoms in total. The fourth-order valence-electron chi connectivity index (χ4n) is 3.64. The zero-order valence-electron chi connectivity index (χ0n) is 15.3. The average Bonchev–Trinajstić information content (AvgIpc) is 2.32. The van der Waals surface area contributed by atoms with E-state index in [-0.39, 0.29) is 11.3 Å². The van der Waals surface area contributed by atoms with Crippen LogP contribution in [-0.2, 0) is 9.68 Å². The lowest BCUT2D eigenvalue weighted by molar-refractivity contribution is -0.256. The molecule has 0 heterocycles. The Labute approximate surface area is 131 Å². The molecule has 0 aliphatic carbocycles. The van der Waals surface area contributed by atoms with Gasteiger partial charge in [0.2, 0.25) is 0 Å². The van der Waals surface area contributed by atoms with Crippen molar-refractivity contribution >= 4 is 5.97 Å². The highest BCUT2D eigenvalue weighted by Gasteiger charge is 2.53. The molecule has 0 aromatic carbocycles. The molecule has 0 aliphatic rings. The second-order valence-corrected chi connectivity index (χ2v) is 8.42. The van der Waals surface area contributed by atoms with Crippen molar-refractivity contribution < 1.29 is 14.9 Å². The monoisotopic (exact) mass is 300 g/mol. The SMILES string of the molecule is CC(C)CCCC(C)C(CC(C)C)(C(=O)OO)C(C)(C)C. The summed E-state index contributed by atoms with van der Waals surface area (Å²) < 4.78 is 0. The maximum Gasteiger partial charge on any atom is 0.348 e. The largest absolute Gasteiger partial charge is 0.348 e. The Hall–Kier alpha value is -0.570. The summed E-state index contributed by atoms with van der Waals surface area (Å²) in [5, 5.41) is 9.06. The molecular formula is C18H36O3. The van der Waals surface area contributed by atoms with Crippen LogP contribution in [0.15, 0.2) is 0 Å². The molecular weight excluding hydrogens is 264 g/mol. The number of carbonyl (C=O) groups excluding carboxylic acids is 1. The smallest absolute Gasteiger partial charge is 0.300 e. The third-order valence-corrected chi connectivity index (χ3v) is 4.78. The van der Waals surface area contributed by atoms with Crippen LogP contribution in [0.4, 0.5) is 0 Å². The van der Waals surface area contributed by atoms with E-state index in [1.54, 1.807) is 0 Å². The summed E-state index contributed by atoms with van der Waals surface area (Å²) in [5.74, 6) is 0.756. The third-order valence-electron chi connectivity index (χ3n) is 4.78. The molecule has 0 rings (SSSR count). The highest BCUT2D eigenvalue weighted by Crippen LogP contribution is 2.51. The number of hydrogen-bond acceptors (Lipinski definition) is 3. The van der Waals surface area contributed by atoms with Gasteiger partial charge < -0.3 is 4.89 Å². The first-order chi connectivity index (χ1) is 9.49. The Morgan fingerprint density at radius 2 is 1.52 bits per heavy atom. The minimum absolute atomic E-state index is 0.179. The van der Waals surface area contributed by atoms with E-state index in [9.17, 15) is 4.79 Å². The highest BCUT2D eigenvalue weighted by atomic mass is 17.1. The lowest BCUT2D eigenvalue weighted by Gasteiger charge is -2.47. The molecule has 0 saturated heterocycles. The van der Waals surface area contributed by atoms with Gasteiger partial charge in [-0.3, -0.25) is 0 Å². The van der Waals surface area contributed by atoms with Gasteiger partial charge >= 0.3 is 5.97 Å². The summed E-state index contributed by atoms with van der Waals surface area (Å²) >= 11 is 0. The van der Waals surface area contributed by atoms with Gasteiger partial charge in [0.15, 0.2) is 0 Å². The van der Waals surface area contributed by atoms with Crippen molar-refractivity contribution in [3.63, 3.8) is 0 Å². The quantitative estimate of drug-likeness (QED) is 0.472. The lowest BCUT2D eigenvalue weighted by atomic mass is 9.56. The van der Waals surface area contributed by atoms with Crippen molar-refractivity contribution in [2.45, 2.75) is 81.1 Å². The van der Waals surface area contributed by atoms with Crippen LogP contribution in [0.5, 0.6) is 0 Å². The van der Waals surface area contributed by atoms with Gasteiger partial charge in [-0.15, -0.1) is 0 Å². The number of rotatable bonds is 8. The summed E-state index contributed by atoms with van der Waals surface area (Å²) in [7, 11) is 0. The fraction of sp³-hybridized carbons (Fsp3) is 0.944. The predicted molar refractivity (Wildman–Crippen MR) is 87.9 cm³/mol. The van der Waals surface area contributed by atoms with Gasteiger partial charge in [0.25, 0.3) is 0 Å². The third kappa shape index (κ3) is 5.28. The minimum Gasteiger partial charge on any atom is -0.300 e. The van der Waals surface area contributed by atoms with E-state index in [1.807, 2.05) is 0 Å². The normalized spacial score (nSPS) is 16.9. The lowest BCUT2D eigenvalue weighted by Crippen LogP contribution is -2.49. The zero-order chi connectivity index (χ0) is 16.8. The van der Waals surface area contributed by atoms with Gasteiger partial charge in [0.05, 0.1) is 5.41 Å². The molecule has 0 radical (unpaired) electrons. The molecule has 3 heteroatoms. The first kappa shape index (κ1) is 20.4. The number of carbonyl (C=O) groups is 1. The van der Waals surface area contributed by atoms with Crippen molar-refractivity contribution in [2.75, 3.05) is 0 Å². The van der Waals surface area contributed by atoms with Crippen LogP contribution in [0.2, 0.25) is 0 Å². The summed E-state index contributed by atoms with van der Waals surface area (Å²) in [6, 6.07) is 0. The van der Waals surface area contributed by atoms with E-state index in [4.69, 9.17) is 5.26 Å². The second kappa shape index (κ2) is 8.17. The van der Waals surface area contributed by atoms with Crippen LogP contribution in [0.1, 0.15) is 81.1 Å². The van der Waals surface area contributed by atoms with Gasteiger partial charge in [0, 0.05) is 0 Å². The molecule has 0 aromatic heterocycles. The summed E-state index contributed by atoms with van der Waals surface area (Å²) in [4.78, 5) is 16.7. The maximum atomic E-state index is 12.5. The van der Waals surface area contributed by atoms with Crippen LogP contribution in [0, 0.1) is 28.6 Å². The summed E-state index contributed by atoms with van der Waals surface area (Å²) in [6.07, 6.45) is 3.99. The van der Waals surface area contributed by atoms with Crippen LogP contribution >= 0.6 is 0 Å². The zero-order valence-corrected chi connectivity index (χ0v) is 15.3. The van der Waals surface area contributed by atoms with E-state index in [0.29, 0.717) is 11.8 Å². The summed E-state index contributed by atoms with van der Waals surface area (Å²) in [6.45, 7) is 17.0. The molecule has 0 aliphatic heterocycles. The topological polar surface area (TPSA) is 46.5 Å². The van der Waals surface area contributed by atoms with E-state index in [2.05, 4.69) is 60.3 Å². The Kier molecular flexibility index (Phi) is 7.94. The molecule has 2 atom stereocenters. The van der Waals surface area contributed by atoms with Crippen LogP contribution in [0.3, 0.4) is 0 Å². The predicted octanol–water partition coefficient (Wildman–Crippen LogP) is 5.54. The minimum atomic E-state index is -0.646. The molecule has 0 saturated carbocycles. The van der Waals surface area contributed by atoms with Crippen LogP contribution in [-0.4, -0.2) is 11.2 Å². The van der Waals surface area contributed by atoms with Crippen molar-refractivity contribution in [3.8, 4) is 0 Å². The maximum absolute atomic E-state index is 12.5. The van der Waals surface area contributed by atoms with Crippen molar-refractivity contribution in [3.05, 3.63) is 0 Å². The fourth-order valence-corrected chi connectivity index (χ4v) is 3.64. The number of hydrogen-bond donors (Lipinski definition) is 1. The van der Waals surface area contributed by atoms with Crippen LogP contribution in [0.25, 0.3) is 0 Å². The van der Waals surface area contributed by atoms with Gasteiger partial charge in [-0.25, -0.2) is 4.79 Å². The van der Waals surface area contributed by atoms with E-state index in [1.165, 1.54) is 6.42 Å². The van der Waals surface area contributed by atoms with Crippen molar-refractivity contribution in [1.29, 1.82) is 0 Å². The highest BCUT2D eigenvalue weighted by molar-refractivity contribution is 5.77. The Morgan fingerprint density at radius 1 is 1.00 bits per heavy atom. The molecule has 0 spiro atoms. The van der Waals surface area contributed by atoms with E-state index in [0.717, 1.165) is 19.3 Å². The molecule has 0 amide bonds. The van der Waals surface area contributed by atoms with Gasteiger partial charge in [-0.2, -0.15) is 5.26 Å². The van der Waals surface area contributed by atoms with Crippen LogP contribution < -0.4 is 0 Å². The Bertz CT molecular complexity index is 315. The molecule has 126 valence electrons. The van der Waals surface area contributed by atoms with E-state index < -0.39 is 11.4 Å². The second-order valence-electron chi connectivity index (χ2n) is 8.42. The molecule has 2 unspecified atom stereocenters. The standard InChI is InChI=1S/C18H36O3/c1-13(2)10-9-11-15(5)18(12-14(3)4,16(19)21-20)17(6,7)8/h13-15,20H,9-12H2,1-8H3.